The molecular weight excluding hydrogens is 152 g/mol. The summed E-state index contributed by atoms with van der Waals surface area (Å²) < 4.78 is 0. The summed E-state index contributed by atoms with van der Waals surface area (Å²) in [6.45, 7) is -0.778. The first-order valence-electron chi connectivity index (χ1n) is 1.10. The van der Waals surface area contributed by atoms with E-state index in [-0.39, 0.29) is 22.5 Å². The molecule has 0 aliphatic carbocycles. The summed E-state index contributed by atoms with van der Waals surface area (Å²) in [6, 6.07) is 0. The standard InChI is InChI=1S/C2H4O3.Cu.O/c3-1-2(4)5;;/h3H,1H2,(H,4,5);;/q;;-2. The summed E-state index contributed by atoms with van der Waals surface area (Å²) in [5, 5.41) is 15.0. The van der Waals surface area contributed by atoms with Crippen LogP contribution in [0.1, 0.15) is 0 Å². The molecule has 0 aromatic carbocycles. The van der Waals surface area contributed by atoms with E-state index in [0.717, 1.165) is 0 Å². The van der Waals surface area contributed by atoms with E-state index in [0.29, 0.717) is 0 Å². The third kappa shape index (κ3) is 24.8. The largest absolute Gasteiger partial charge is 2.00 e. The van der Waals surface area contributed by atoms with E-state index in [1.165, 1.54) is 0 Å². The van der Waals surface area contributed by atoms with Gasteiger partial charge < -0.3 is 15.7 Å². The summed E-state index contributed by atoms with van der Waals surface area (Å²) in [6.07, 6.45) is 0. The second-order valence-corrected chi connectivity index (χ2v) is 0.552. The van der Waals surface area contributed by atoms with Crippen LogP contribution in [-0.2, 0) is 27.3 Å². The number of carboxylic acids is 1. The van der Waals surface area contributed by atoms with Gasteiger partial charge in [-0.15, -0.1) is 0 Å². The van der Waals surface area contributed by atoms with E-state index < -0.39 is 12.6 Å². The molecule has 0 amide bonds. The Labute approximate surface area is 50.9 Å². The van der Waals surface area contributed by atoms with Gasteiger partial charge in [-0.1, -0.05) is 0 Å². The fourth-order valence-electron chi connectivity index (χ4n) is 0. The Balaban J connectivity index is -0.0000000800. The van der Waals surface area contributed by atoms with Gasteiger partial charge in [0.2, 0.25) is 0 Å². The van der Waals surface area contributed by atoms with Crippen molar-refractivity contribution in [3.05, 3.63) is 0 Å². The Morgan fingerprint density at radius 2 is 1.71 bits per heavy atom. The van der Waals surface area contributed by atoms with Gasteiger partial charge in [0.15, 0.2) is 0 Å². The van der Waals surface area contributed by atoms with Crippen LogP contribution in [0.4, 0.5) is 0 Å². The second-order valence-electron chi connectivity index (χ2n) is 0.552. The zero-order chi connectivity index (χ0) is 4.28. The molecular formula is C2H4CuO4-2. The predicted molar refractivity (Wildman–Crippen MR) is 15.4 cm³/mol. The topological polar surface area (TPSA) is 86.0 Å². The molecule has 4 nitrogen and oxygen atoms in total. The van der Waals surface area contributed by atoms with Gasteiger partial charge in [-0.05, 0) is 0 Å². The maximum absolute atomic E-state index is 9.12. The van der Waals surface area contributed by atoms with Crippen LogP contribution >= 0.6 is 0 Å². The Bertz CT molecular complexity index is 45.0. The molecule has 0 aromatic heterocycles. The van der Waals surface area contributed by atoms with Crippen molar-refractivity contribution in [1.82, 2.24) is 0 Å². The molecule has 0 spiro atoms. The molecule has 2 N–H and O–H groups in total. The van der Waals surface area contributed by atoms with Crippen LogP contribution in [0.3, 0.4) is 0 Å². The number of rotatable bonds is 1. The summed E-state index contributed by atoms with van der Waals surface area (Å²) in [5.41, 5.74) is 0. The van der Waals surface area contributed by atoms with E-state index in [9.17, 15) is 0 Å². The predicted octanol–water partition coefficient (Wildman–Crippen LogP) is -1.06. The molecule has 0 fully saturated rings. The fourth-order valence-corrected chi connectivity index (χ4v) is 0. The molecule has 7 heavy (non-hydrogen) atoms. The zero-order valence-electron chi connectivity index (χ0n) is 3.22. The minimum atomic E-state index is -1.19. The first-order valence-corrected chi connectivity index (χ1v) is 1.10. The van der Waals surface area contributed by atoms with Gasteiger partial charge in [0.1, 0.15) is 6.61 Å². The molecule has 0 aromatic rings. The van der Waals surface area contributed by atoms with Gasteiger partial charge in [0.05, 0.1) is 0 Å². The SMILES string of the molecule is O=C(O)CO.[Cu].[O-2]. The minimum Gasteiger partial charge on any atom is -2.00 e. The van der Waals surface area contributed by atoms with Crippen LogP contribution in [0, 0.1) is 0 Å². The van der Waals surface area contributed by atoms with Crippen LogP contribution in [0.15, 0.2) is 0 Å². The van der Waals surface area contributed by atoms with Crippen molar-refractivity contribution in [3.8, 4) is 0 Å². The molecule has 1 radical (unpaired) electrons. The number of aliphatic carboxylic acids is 1. The van der Waals surface area contributed by atoms with Crippen molar-refractivity contribution in [1.29, 1.82) is 0 Å². The van der Waals surface area contributed by atoms with E-state index in [1.807, 2.05) is 0 Å². The first-order chi connectivity index (χ1) is 2.27. The van der Waals surface area contributed by atoms with Crippen molar-refractivity contribution in [3.63, 3.8) is 0 Å². The fraction of sp³-hybridized carbons (Fsp3) is 0.500. The van der Waals surface area contributed by atoms with E-state index in [1.54, 1.807) is 0 Å². The Hall–Kier alpha value is -0.0905. The number of hydrogen-bond donors (Lipinski definition) is 2. The van der Waals surface area contributed by atoms with Crippen LogP contribution in [0.5, 0.6) is 0 Å². The van der Waals surface area contributed by atoms with Crippen LogP contribution in [0.2, 0.25) is 0 Å². The molecule has 0 aliphatic heterocycles. The Kier molecular flexibility index (Phi) is 21.0. The number of carboxylic acid groups (broad SMARTS) is 1. The molecule has 49 valence electrons. The van der Waals surface area contributed by atoms with Crippen molar-refractivity contribution >= 4 is 5.97 Å². The molecule has 0 unspecified atom stereocenters. The molecule has 0 bridgehead atoms. The second kappa shape index (κ2) is 9.32. The summed E-state index contributed by atoms with van der Waals surface area (Å²) in [7, 11) is 0. The monoisotopic (exact) mass is 155 g/mol. The smallest absolute Gasteiger partial charge is 0.329 e. The average molecular weight is 156 g/mol. The summed E-state index contributed by atoms with van der Waals surface area (Å²) in [5.74, 6) is -1.19. The Morgan fingerprint density at radius 3 is 1.71 bits per heavy atom. The molecule has 0 heterocycles. The molecule has 0 rings (SSSR count). The molecule has 0 atom stereocenters. The van der Waals surface area contributed by atoms with Gasteiger partial charge in [-0.2, -0.15) is 0 Å². The molecule has 0 saturated heterocycles. The Morgan fingerprint density at radius 1 is 1.57 bits per heavy atom. The number of aliphatic hydroxyl groups excluding tert-OH is 1. The number of aliphatic hydroxyl groups is 1. The van der Waals surface area contributed by atoms with Gasteiger partial charge in [0, 0.05) is 17.1 Å². The third-order valence-electron chi connectivity index (χ3n) is 0.135. The van der Waals surface area contributed by atoms with Crippen molar-refractivity contribution in [2.75, 3.05) is 6.61 Å². The van der Waals surface area contributed by atoms with Gasteiger partial charge in [-0.25, -0.2) is 4.79 Å². The van der Waals surface area contributed by atoms with Gasteiger partial charge >= 0.3 is 5.97 Å². The number of hydrogen-bond acceptors (Lipinski definition) is 2. The van der Waals surface area contributed by atoms with Crippen LogP contribution in [-0.4, -0.2) is 22.8 Å². The van der Waals surface area contributed by atoms with Crippen molar-refractivity contribution < 1.29 is 37.6 Å². The van der Waals surface area contributed by atoms with Crippen molar-refractivity contribution in [2.45, 2.75) is 0 Å². The normalized spacial score (nSPS) is 5.29. The first kappa shape index (κ1) is 15.8. The molecule has 0 saturated carbocycles. The van der Waals surface area contributed by atoms with E-state index in [4.69, 9.17) is 15.0 Å². The quantitative estimate of drug-likeness (QED) is 0.474. The number of carbonyl (C=O) groups is 1. The molecule has 5 heteroatoms. The van der Waals surface area contributed by atoms with Gasteiger partial charge in [-0.3, -0.25) is 0 Å². The summed E-state index contributed by atoms with van der Waals surface area (Å²) in [4.78, 5) is 9.12. The third-order valence-corrected chi connectivity index (χ3v) is 0.135. The maximum Gasteiger partial charge on any atom is 0.329 e. The van der Waals surface area contributed by atoms with Crippen LogP contribution in [0.25, 0.3) is 0 Å². The van der Waals surface area contributed by atoms with E-state index >= 15 is 0 Å². The summed E-state index contributed by atoms with van der Waals surface area (Å²) >= 11 is 0. The van der Waals surface area contributed by atoms with Crippen LogP contribution < -0.4 is 0 Å². The van der Waals surface area contributed by atoms with Crippen molar-refractivity contribution in [2.24, 2.45) is 0 Å². The van der Waals surface area contributed by atoms with E-state index in [2.05, 4.69) is 0 Å². The molecule has 0 aliphatic rings. The minimum absolute atomic E-state index is 0. The maximum atomic E-state index is 9.12. The average Bonchev–Trinajstić information content (AvgIpc) is 1.38. The zero-order valence-corrected chi connectivity index (χ0v) is 4.16. The van der Waals surface area contributed by atoms with Gasteiger partial charge in [0.25, 0.3) is 0 Å².